The SMILES string of the molecule is O=C(c1cc2ccccc2[nH]1)N1CCC2(CC1)CC(CCOc1ccncc1)CCO2. The van der Waals surface area contributed by atoms with E-state index in [4.69, 9.17) is 9.47 Å². The summed E-state index contributed by atoms with van der Waals surface area (Å²) in [6, 6.07) is 13.8. The van der Waals surface area contributed by atoms with Crippen molar-refractivity contribution in [2.75, 3.05) is 26.3 Å². The smallest absolute Gasteiger partial charge is 0.270 e. The zero-order valence-corrected chi connectivity index (χ0v) is 17.8. The minimum atomic E-state index is -0.0865. The topological polar surface area (TPSA) is 67.5 Å². The van der Waals surface area contributed by atoms with Crippen molar-refractivity contribution >= 4 is 16.8 Å². The second-order valence-electron chi connectivity index (χ2n) is 8.77. The van der Waals surface area contributed by atoms with Crippen LogP contribution in [0.15, 0.2) is 54.9 Å². The van der Waals surface area contributed by atoms with Crippen molar-refractivity contribution in [2.24, 2.45) is 5.92 Å². The molecule has 1 aromatic carbocycles. The first kappa shape index (κ1) is 20.1. The number of nitrogens with one attached hydrogen (secondary N) is 1. The molecular weight excluding hydrogens is 390 g/mol. The van der Waals surface area contributed by atoms with E-state index in [1.807, 2.05) is 47.4 Å². The Balaban J connectivity index is 1.14. The lowest BCUT2D eigenvalue weighted by Crippen LogP contribution is -2.51. The maximum absolute atomic E-state index is 13.0. The van der Waals surface area contributed by atoms with E-state index < -0.39 is 0 Å². The lowest BCUT2D eigenvalue weighted by Gasteiger charge is -2.46. The fourth-order valence-electron chi connectivity index (χ4n) is 4.98. The highest BCUT2D eigenvalue weighted by molar-refractivity contribution is 5.98. The number of rotatable bonds is 5. The average molecular weight is 420 g/mol. The second kappa shape index (κ2) is 8.71. The van der Waals surface area contributed by atoms with Crippen molar-refractivity contribution in [1.29, 1.82) is 0 Å². The van der Waals surface area contributed by atoms with E-state index in [1.165, 1.54) is 0 Å². The van der Waals surface area contributed by atoms with Gasteiger partial charge >= 0.3 is 0 Å². The van der Waals surface area contributed by atoms with E-state index in [1.54, 1.807) is 12.4 Å². The first-order chi connectivity index (χ1) is 15.2. The van der Waals surface area contributed by atoms with Crippen molar-refractivity contribution in [1.82, 2.24) is 14.9 Å². The number of likely N-dealkylation sites (tertiary alicyclic amines) is 1. The fraction of sp³-hybridized carbons (Fsp3) is 0.440. The van der Waals surface area contributed by atoms with Crippen molar-refractivity contribution in [3.8, 4) is 5.75 Å². The molecular formula is C25H29N3O3. The van der Waals surface area contributed by atoms with Gasteiger partial charge in [-0.25, -0.2) is 0 Å². The number of nitrogens with zero attached hydrogens (tertiary/aromatic N) is 2. The van der Waals surface area contributed by atoms with Crippen LogP contribution in [0.3, 0.4) is 0 Å². The molecule has 0 radical (unpaired) electrons. The molecule has 2 aliphatic heterocycles. The highest BCUT2D eigenvalue weighted by Crippen LogP contribution is 2.39. The van der Waals surface area contributed by atoms with Gasteiger partial charge in [-0.3, -0.25) is 9.78 Å². The number of piperidine rings is 1. The number of fused-ring (bicyclic) bond motifs is 1. The number of benzene rings is 1. The molecule has 31 heavy (non-hydrogen) atoms. The standard InChI is InChI=1S/C25H29N3O3/c29-24(23-17-20-3-1-2-4-22(20)27-23)28-13-9-25(10-14-28)18-19(8-16-31-25)7-15-30-21-5-11-26-12-6-21/h1-6,11-12,17,19,27H,7-10,13-16,18H2. The fourth-order valence-corrected chi connectivity index (χ4v) is 4.98. The highest BCUT2D eigenvalue weighted by Gasteiger charge is 2.41. The quantitative estimate of drug-likeness (QED) is 0.664. The van der Waals surface area contributed by atoms with Crippen molar-refractivity contribution < 1.29 is 14.3 Å². The van der Waals surface area contributed by atoms with Crippen LogP contribution in [0.2, 0.25) is 0 Å². The summed E-state index contributed by atoms with van der Waals surface area (Å²) in [6.45, 7) is 3.01. The van der Waals surface area contributed by atoms with E-state index >= 15 is 0 Å². The summed E-state index contributed by atoms with van der Waals surface area (Å²) in [6.07, 6.45) is 8.49. The number of pyridine rings is 1. The molecule has 0 aliphatic carbocycles. The Morgan fingerprint density at radius 2 is 2.00 bits per heavy atom. The molecule has 2 fully saturated rings. The second-order valence-corrected chi connectivity index (χ2v) is 8.77. The summed E-state index contributed by atoms with van der Waals surface area (Å²) < 4.78 is 12.2. The molecule has 6 nitrogen and oxygen atoms in total. The van der Waals surface area contributed by atoms with Crippen molar-refractivity contribution in [3.63, 3.8) is 0 Å². The number of carbonyl (C=O) groups excluding carboxylic acids is 1. The Morgan fingerprint density at radius 3 is 2.81 bits per heavy atom. The minimum absolute atomic E-state index is 0.0865. The zero-order chi connectivity index (χ0) is 21.1. The molecule has 4 heterocycles. The molecule has 3 aromatic rings. The molecule has 1 spiro atoms. The Hall–Kier alpha value is -2.86. The first-order valence-electron chi connectivity index (χ1n) is 11.2. The van der Waals surface area contributed by atoms with Gasteiger partial charge in [-0.05, 0) is 62.3 Å². The summed E-state index contributed by atoms with van der Waals surface area (Å²) in [5, 5.41) is 1.08. The van der Waals surface area contributed by atoms with Gasteiger partial charge in [0.25, 0.3) is 5.91 Å². The third-order valence-corrected chi connectivity index (χ3v) is 6.76. The molecule has 1 N–H and O–H groups in total. The van der Waals surface area contributed by atoms with Crippen LogP contribution in [0.25, 0.3) is 10.9 Å². The van der Waals surface area contributed by atoms with Crippen LogP contribution in [0.1, 0.15) is 42.6 Å². The monoisotopic (exact) mass is 419 g/mol. The molecule has 1 atom stereocenters. The summed E-state index contributed by atoms with van der Waals surface area (Å²) >= 11 is 0. The number of hydrogen-bond acceptors (Lipinski definition) is 4. The van der Waals surface area contributed by atoms with Gasteiger partial charge in [-0.1, -0.05) is 18.2 Å². The third-order valence-electron chi connectivity index (χ3n) is 6.76. The molecule has 1 unspecified atom stereocenters. The largest absolute Gasteiger partial charge is 0.493 e. The van der Waals surface area contributed by atoms with Gasteiger partial charge in [0, 0.05) is 43.0 Å². The van der Waals surface area contributed by atoms with Gasteiger partial charge in [-0.2, -0.15) is 0 Å². The molecule has 2 saturated heterocycles. The Labute approximate surface area is 182 Å². The van der Waals surface area contributed by atoms with Gasteiger partial charge in [-0.15, -0.1) is 0 Å². The van der Waals surface area contributed by atoms with Crippen LogP contribution in [0.5, 0.6) is 5.75 Å². The Bertz CT molecular complexity index is 992. The molecule has 6 heteroatoms. The molecule has 2 aliphatic rings. The lowest BCUT2D eigenvalue weighted by molar-refractivity contribution is -0.125. The molecule has 162 valence electrons. The zero-order valence-electron chi connectivity index (χ0n) is 17.8. The number of aromatic amines is 1. The van der Waals surface area contributed by atoms with Crippen LogP contribution < -0.4 is 4.74 Å². The van der Waals surface area contributed by atoms with Crippen molar-refractivity contribution in [2.45, 2.75) is 37.7 Å². The maximum Gasteiger partial charge on any atom is 0.270 e. The molecule has 0 saturated carbocycles. The summed E-state index contributed by atoms with van der Waals surface area (Å²) in [7, 11) is 0. The molecule has 5 rings (SSSR count). The van der Waals surface area contributed by atoms with Gasteiger partial charge in [0.05, 0.1) is 12.2 Å². The van der Waals surface area contributed by atoms with Gasteiger partial charge in [0.1, 0.15) is 11.4 Å². The number of para-hydroxylation sites is 1. The molecule has 2 aromatic heterocycles. The van der Waals surface area contributed by atoms with Gasteiger partial charge in [0.2, 0.25) is 0 Å². The molecule has 1 amide bonds. The van der Waals surface area contributed by atoms with E-state index in [0.717, 1.165) is 75.1 Å². The summed E-state index contributed by atoms with van der Waals surface area (Å²) in [5.41, 5.74) is 1.59. The normalized spacial score (nSPS) is 20.8. The van der Waals surface area contributed by atoms with Gasteiger partial charge < -0.3 is 19.4 Å². The number of ether oxygens (including phenoxy) is 2. The van der Waals surface area contributed by atoms with E-state index in [0.29, 0.717) is 11.6 Å². The summed E-state index contributed by atoms with van der Waals surface area (Å²) in [5.74, 6) is 1.57. The first-order valence-corrected chi connectivity index (χ1v) is 11.2. The lowest BCUT2D eigenvalue weighted by atomic mass is 9.78. The van der Waals surface area contributed by atoms with Crippen LogP contribution in [-0.2, 0) is 4.74 Å². The number of carbonyl (C=O) groups is 1. The van der Waals surface area contributed by atoms with E-state index in [-0.39, 0.29) is 11.5 Å². The number of hydrogen-bond donors (Lipinski definition) is 1. The minimum Gasteiger partial charge on any atom is -0.493 e. The van der Waals surface area contributed by atoms with Crippen LogP contribution in [0, 0.1) is 5.92 Å². The predicted molar refractivity (Wildman–Crippen MR) is 119 cm³/mol. The number of aromatic nitrogens is 2. The average Bonchev–Trinajstić information content (AvgIpc) is 3.24. The van der Waals surface area contributed by atoms with Crippen LogP contribution >= 0.6 is 0 Å². The molecule has 0 bridgehead atoms. The number of H-pyrrole nitrogens is 1. The third kappa shape index (κ3) is 4.44. The van der Waals surface area contributed by atoms with Crippen LogP contribution in [-0.4, -0.2) is 52.7 Å². The number of amides is 1. The van der Waals surface area contributed by atoms with Crippen molar-refractivity contribution in [3.05, 3.63) is 60.6 Å². The van der Waals surface area contributed by atoms with Crippen LogP contribution in [0.4, 0.5) is 0 Å². The predicted octanol–water partition coefficient (Wildman–Crippen LogP) is 4.43. The Kier molecular flexibility index (Phi) is 5.64. The maximum atomic E-state index is 13.0. The Morgan fingerprint density at radius 1 is 1.19 bits per heavy atom. The van der Waals surface area contributed by atoms with Gasteiger partial charge in [0.15, 0.2) is 0 Å². The van der Waals surface area contributed by atoms with E-state index in [9.17, 15) is 4.79 Å². The highest BCUT2D eigenvalue weighted by atomic mass is 16.5. The summed E-state index contributed by atoms with van der Waals surface area (Å²) in [4.78, 5) is 22.3. The van der Waals surface area contributed by atoms with E-state index in [2.05, 4.69) is 9.97 Å².